The van der Waals surface area contributed by atoms with Crippen LogP contribution in [-0.4, -0.2) is 33.5 Å². The van der Waals surface area contributed by atoms with Crippen LogP contribution >= 0.6 is 11.3 Å². The second-order valence-corrected chi connectivity index (χ2v) is 10.9. The van der Waals surface area contributed by atoms with Gasteiger partial charge in [-0.2, -0.15) is 0 Å². The fraction of sp³-hybridized carbons (Fsp3) is 0.233. The van der Waals surface area contributed by atoms with Crippen molar-refractivity contribution in [3.05, 3.63) is 99.2 Å². The minimum Gasteiger partial charge on any atom is -0.362 e. The summed E-state index contributed by atoms with van der Waals surface area (Å²) in [5, 5.41) is 4.30. The van der Waals surface area contributed by atoms with Crippen LogP contribution in [-0.2, 0) is 13.6 Å². The summed E-state index contributed by atoms with van der Waals surface area (Å²) in [6.07, 6.45) is 0. The summed E-state index contributed by atoms with van der Waals surface area (Å²) in [4.78, 5) is 27.0. The lowest BCUT2D eigenvalue weighted by atomic mass is 10.1. The monoisotopic (exact) mass is 527 g/mol. The van der Waals surface area contributed by atoms with Crippen molar-refractivity contribution in [2.45, 2.75) is 26.4 Å². The van der Waals surface area contributed by atoms with E-state index < -0.39 is 0 Å². The van der Waals surface area contributed by atoms with Gasteiger partial charge >= 0.3 is 0 Å². The highest BCUT2D eigenvalue weighted by Gasteiger charge is 2.18. The first-order valence-electron chi connectivity index (χ1n) is 12.4. The minimum absolute atomic E-state index is 0.0289. The highest BCUT2D eigenvalue weighted by molar-refractivity contribution is 7.15. The molecule has 1 atom stereocenters. The first-order chi connectivity index (χ1) is 18.2. The Labute approximate surface area is 225 Å². The SMILES string of the molecule is Cc1nc(N[C@H](C)c2ccc(-c3ccccc3CN(C)C)s2)c2cc(-c3ccc(F)cc3)c(=O)n(C)c2n1. The molecule has 0 aliphatic carbocycles. The average molecular weight is 528 g/mol. The summed E-state index contributed by atoms with van der Waals surface area (Å²) in [6.45, 7) is 4.80. The van der Waals surface area contributed by atoms with E-state index in [9.17, 15) is 9.18 Å². The van der Waals surface area contributed by atoms with Gasteiger partial charge in [0.2, 0.25) is 0 Å². The average Bonchev–Trinajstić information content (AvgIpc) is 3.37. The minimum atomic E-state index is -0.346. The van der Waals surface area contributed by atoms with Crippen molar-refractivity contribution in [1.82, 2.24) is 19.4 Å². The molecule has 6 nitrogen and oxygen atoms in total. The lowest BCUT2D eigenvalue weighted by molar-refractivity contribution is 0.403. The smallest absolute Gasteiger partial charge is 0.259 e. The molecule has 0 unspecified atom stereocenters. The van der Waals surface area contributed by atoms with E-state index in [1.54, 1.807) is 36.6 Å². The largest absolute Gasteiger partial charge is 0.362 e. The van der Waals surface area contributed by atoms with E-state index in [1.165, 1.54) is 37.6 Å². The van der Waals surface area contributed by atoms with Gasteiger partial charge in [0.15, 0.2) is 0 Å². The molecule has 0 spiro atoms. The highest BCUT2D eigenvalue weighted by Crippen LogP contribution is 2.35. The van der Waals surface area contributed by atoms with Crippen LogP contribution in [0.15, 0.2) is 71.5 Å². The maximum absolute atomic E-state index is 13.5. The van der Waals surface area contributed by atoms with E-state index in [4.69, 9.17) is 4.98 Å². The van der Waals surface area contributed by atoms with Crippen LogP contribution in [0.1, 0.15) is 29.2 Å². The third-order valence-corrected chi connectivity index (χ3v) is 7.81. The van der Waals surface area contributed by atoms with E-state index in [0.29, 0.717) is 28.4 Å². The standard InChI is InChI=1S/C30H30FN5OS/c1-18(26-14-15-27(38-26)23-9-7-6-8-21(23)17-35(3)4)32-28-25-16-24(20-10-12-22(31)13-11-20)30(37)36(5)29(25)34-19(2)33-28/h6-16,18H,17H2,1-5H3,(H,32,33,34)/t18-/m1/s1. The fourth-order valence-corrected chi connectivity index (χ4v) is 5.70. The third kappa shape index (κ3) is 5.10. The predicted octanol–water partition coefficient (Wildman–Crippen LogP) is 6.41. The summed E-state index contributed by atoms with van der Waals surface area (Å²) in [6, 6.07) is 20.6. The van der Waals surface area contributed by atoms with Crippen LogP contribution < -0.4 is 10.9 Å². The number of hydrogen-bond acceptors (Lipinski definition) is 6. The second-order valence-electron chi connectivity index (χ2n) is 9.75. The molecule has 3 aromatic heterocycles. The Morgan fingerprint density at radius 2 is 1.76 bits per heavy atom. The van der Waals surface area contributed by atoms with Crippen molar-refractivity contribution in [2.75, 3.05) is 19.4 Å². The molecule has 8 heteroatoms. The number of thiophene rings is 1. The van der Waals surface area contributed by atoms with E-state index in [1.807, 2.05) is 6.92 Å². The van der Waals surface area contributed by atoms with Crippen LogP contribution in [0.2, 0.25) is 0 Å². The third-order valence-electron chi connectivity index (χ3n) is 6.51. The highest BCUT2D eigenvalue weighted by atomic mass is 32.1. The van der Waals surface area contributed by atoms with Crippen molar-refractivity contribution >= 4 is 28.2 Å². The van der Waals surface area contributed by atoms with E-state index in [2.05, 4.69) is 72.6 Å². The number of halogens is 1. The van der Waals surface area contributed by atoms with Gasteiger partial charge in [-0.05, 0) is 75.0 Å². The Morgan fingerprint density at radius 3 is 2.50 bits per heavy atom. The molecule has 0 fully saturated rings. The predicted molar refractivity (Wildman–Crippen MR) is 154 cm³/mol. The van der Waals surface area contributed by atoms with Crippen LogP contribution in [0.3, 0.4) is 0 Å². The molecule has 5 aromatic rings. The number of pyridine rings is 1. The van der Waals surface area contributed by atoms with Crippen LogP contribution in [0.25, 0.3) is 32.6 Å². The molecule has 0 saturated carbocycles. The molecule has 3 heterocycles. The lowest BCUT2D eigenvalue weighted by Gasteiger charge is -2.17. The molecule has 2 aromatic carbocycles. The van der Waals surface area contributed by atoms with Crippen LogP contribution in [0.4, 0.5) is 10.2 Å². The number of nitrogens with one attached hydrogen (secondary N) is 1. The molecule has 0 amide bonds. The summed E-state index contributed by atoms with van der Waals surface area (Å²) in [7, 11) is 5.86. The molecule has 38 heavy (non-hydrogen) atoms. The maximum Gasteiger partial charge on any atom is 0.259 e. The van der Waals surface area contributed by atoms with Crippen molar-refractivity contribution in [3.63, 3.8) is 0 Å². The van der Waals surface area contributed by atoms with Gasteiger partial charge in [-0.25, -0.2) is 14.4 Å². The number of fused-ring (bicyclic) bond motifs is 1. The van der Waals surface area contributed by atoms with Gasteiger partial charge in [-0.3, -0.25) is 9.36 Å². The van der Waals surface area contributed by atoms with Gasteiger partial charge in [0.1, 0.15) is 23.1 Å². The van der Waals surface area contributed by atoms with Gasteiger partial charge < -0.3 is 10.2 Å². The number of anilines is 1. The molecular weight excluding hydrogens is 497 g/mol. The number of aromatic nitrogens is 3. The Morgan fingerprint density at radius 1 is 1.03 bits per heavy atom. The molecule has 0 aliphatic rings. The maximum atomic E-state index is 13.5. The van der Waals surface area contributed by atoms with Gasteiger partial charge in [0, 0.05) is 28.9 Å². The first-order valence-corrected chi connectivity index (χ1v) is 13.3. The molecule has 0 aliphatic heterocycles. The van der Waals surface area contributed by atoms with Crippen molar-refractivity contribution < 1.29 is 4.39 Å². The molecule has 194 valence electrons. The zero-order chi connectivity index (χ0) is 27.0. The topological polar surface area (TPSA) is 63.1 Å². The second kappa shape index (κ2) is 10.5. The Bertz CT molecular complexity index is 1670. The van der Waals surface area contributed by atoms with Gasteiger partial charge in [-0.15, -0.1) is 11.3 Å². The fourth-order valence-electron chi connectivity index (χ4n) is 4.63. The van der Waals surface area contributed by atoms with Gasteiger partial charge in [-0.1, -0.05) is 36.4 Å². The molecule has 0 radical (unpaired) electrons. The Hall–Kier alpha value is -3.88. The first kappa shape index (κ1) is 25.8. The normalized spacial score (nSPS) is 12.3. The Balaban J connectivity index is 1.52. The zero-order valence-electron chi connectivity index (χ0n) is 22.1. The quantitative estimate of drug-likeness (QED) is 0.265. The summed E-state index contributed by atoms with van der Waals surface area (Å²) < 4.78 is 15.1. The zero-order valence-corrected chi connectivity index (χ0v) is 22.9. The molecule has 5 rings (SSSR count). The molecule has 1 N–H and O–H groups in total. The van der Waals surface area contributed by atoms with Gasteiger partial charge in [0.25, 0.3) is 5.56 Å². The Kier molecular flexibility index (Phi) is 7.10. The van der Waals surface area contributed by atoms with Crippen molar-refractivity contribution in [1.29, 1.82) is 0 Å². The number of aryl methyl sites for hydroxylation is 2. The van der Waals surface area contributed by atoms with Crippen LogP contribution in [0, 0.1) is 12.7 Å². The van der Waals surface area contributed by atoms with Crippen LogP contribution in [0.5, 0.6) is 0 Å². The lowest BCUT2D eigenvalue weighted by Crippen LogP contribution is -2.21. The van der Waals surface area contributed by atoms with Gasteiger partial charge in [0.05, 0.1) is 11.4 Å². The number of benzene rings is 2. The number of nitrogens with zero attached hydrogens (tertiary/aromatic N) is 4. The molecule has 0 saturated heterocycles. The van der Waals surface area contributed by atoms with Crippen molar-refractivity contribution in [2.24, 2.45) is 7.05 Å². The van der Waals surface area contributed by atoms with E-state index >= 15 is 0 Å². The number of hydrogen-bond donors (Lipinski definition) is 1. The number of rotatable bonds is 7. The summed E-state index contributed by atoms with van der Waals surface area (Å²) >= 11 is 1.76. The summed E-state index contributed by atoms with van der Waals surface area (Å²) in [5.74, 6) is 0.879. The van der Waals surface area contributed by atoms with E-state index in [-0.39, 0.29) is 17.4 Å². The van der Waals surface area contributed by atoms with Crippen molar-refractivity contribution in [3.8, 4) is 21.6 Å². The van der Waals surface area contributed by atoms with E-state index in [0.717, 1.165) is 11.9 Å². The molecular formula is C30H30FN5OS. The summed E-state index contributed by atoms with van der Waals surface area (Å²) in [5.41, 5.74) is 4.00. The molecule has 0 bridgehead atoms.